The van der Waals surface area contributed by atoms with E-state index in [9.17, 15) is 4.79 Å². The molecule has 0 saturated heterocycles. The van der Waals surface area contributed by atoms with Crippen LogP contribution in [0.15, 0.2) is 71.9 Å². The molecule has 2 N–H and O–H groups in total. The predicted octanol–water partition coefficient (Wildman–Crippen LogP) is 6.99. The number of hydrogen-bond acceptors (Lipinski definition) is 5. The van der Waals surface area contributed by atoms with Gasteiger partial charge in [0.05, 0.1) is 41.7 Å². The molecule has 2 atom stereocenters. The van der Waals surface area contributed by atoms with Crippen LogP contribution in [-0.2, 0) is 4.79 Å². The highest BCUT2D eigenvalue weighted by atomic mass is 35.5. The Kier molecular flexibility index (Phi) is 6.15. The summed E-state index contributed by atoms with van der Waals surface area (Å²) in [4.78, 5) is 13.7. The number of allylic oxidation sites excluding steroid dienone is 1. The molecule has 2 aliphatic rings. The molecule has 1 aliphatic heterocycles. The number of fused-ring (bicyclic) bond motifs is 1. The van der Waals surface area contributed by atoms with Crippen LogP contribution in [0.1, 0.15) is 35.9 Å². The smallest absolute Gasteiger partial charge is 0.163 e. The van der Waals surface area contributed by atoms with E-state index in [4.69, 9.17) is 32.7 Å². The highest BCUT2D eigenvalue weighted by Crippen LogP contribution is 2.46. The van der Waals surface area contributed by atoms with E-state index in [1.807, 2.05) is 54.6 Å². The average molecular weight is 495 g/mol. The van der Waals surface area contributed by atoms with Crippen LogP contribution >= 0.6 is 23.2 Å². The van der Waals surface area contributed by atoms with Gasteiger partial charge in [-0.15, -0.1) is 0 Å². The molecule has 34 heavy (non-hydrogen) atoms. The largest absolute Gasteiger partial charge is 0.493 e. The Morgan fingerprint density at radius 1 is 0.882 bits per heavy atom. The van der Waals surface area contributed by atoms with Gasteiger partial charge in [0.2, 0.25) is 0 Å². The number of carbonyl (C=O) groups is 1. The molecule has 7 heteroatoms. The molecule has 0 saturated carbocycles. The van der Waals surface area contributed by atoms with Gasteiger partial charge in [-0.2, -0.15) is 0 Å². The summed E-state index contributed by atoms with van der Waals surface area (Å²) in [5, 5.41) is 7.99. The van der Waals surface area contributed by atoms with Crippen molar-refractivity contribution in [2.24, 2.45) is 0 Å². The molecule has 0 unspecified atom stereocenters. The lowest BCUT2D eigenvalue weighted by Crippen LogP contribution is -2.27. The highest BCUT2D eigenvalue weighted by molar-refractivity contribution is 6.42. The van der Waals surface area contributed by atoms with Crippen LogP contribution in [0.3, 0.4) is 0 Å². The minimum atomic E-state index is -0.420. The average Bonchev–Trinajstić information content (AvgIpc) is 3.02. The van der Waals surface area contributed by atoms with Crippen LogP contribution in [0.25, 0.3) is 0 Å². The molecule has 5 rings (SSSR count). The maximum atomic E-state index is 13.7. The molecular weight excluding hydrogens is 471 g/mol. The van der Waals surface area contributed by atoms with E-state index in [0.29, 0.717) is 40.0 Å². The van der Waals surface area contributed by atoms with E-state index >= 15 is 0 Å². The summed E-state index contributed by atoms with van der Waals surface area (Å²) in [7, 11) is 3.23. The number of benzene rings is 3. The summed E-state index contributed by atoms with van der Waals surface area (Å²) in [6, 6.07) is 18.9. The van der Waals surface area contributed by atoms with Crippen molar-refractivity contribution < 1.29 is 14.3 Å². The Balaban J connectivity index is 1.61. The quantitative estimate of drug-likeness (QED) is 0.409. The molecule has 0 amide bonds. The van der Waals surface area contributed by atoms with Gasteiger partial charge in [0.15, 0.2) is 17.3 Å². The van der Waals surface area contributed by atoms with Crippen molar-refractivity contribution in [1.29, 1.82) is 0 Å². The predicted molar refractivity (Wildman–Crippen MR) is 136 cm³/mol. The van der Waals surface area contributed by atoms with E-state index in [1.54, 1.807) is 20.3 Å². The fourth-order valence-electron chi connectivity index (χ4n) is 4.81. The molecule has 5 nitrogen and oxygen atoms in total. The molecule has 3 aromatic carbocycles. The summed E-state index contributed by atoms with van der Waals surface area (Å²) < 4.78 is 10.9. The first-order valence-corrected chi connectivity index (χ1v) is 11.8. The third-order valence-corrected chi connectivity index (χ3v) is 7.31. The second kappa shape index (κ2) is 9.24. The lowest BCUT2D eigenvalue weighted by Gasteiger charge is -2.30. The molecule has 0 radical (unpaired) electrons. The first-order valence-electron chi connectivity index (χ1n) is 11.0. The number of ether oxygens (including phenoxy) is 2. The zero-order valence-electron chi connectivity index (χ0n) is 18.8. The van der Waals surface area contributed by atoms with Crippen molar-refractivity contribution in [3.05, 3.63) is 93.1 Å². The topological polar surface area (TPSA) is 59.6 Å². The SMILES string of the molecule is COc1ccc([C@@H]2CC(=O)C3=C(C2)Nc2ccccc2N[C@@H]3c2cccc(Cl)c2Cl)cc1OC. The van der Waals surface area contributed by atoms with Crippen LogP contribution in [0.5, 0.6) is 11.5 Å². The monoisotopic (exact) mass is 494 g/mol. The van der Waals surface area contributed by atoms with E-state index in [2.05, 4.69) is 10.6 Å². The standard InChI is InChI=1S/C27H24Cl2N2O3/c1-33-23-11-10-15(14-24(23)34-2)16-12-21-25(22(32)13-16)27(17-6-5-7-18(28)26(17)29)31-20-9-4-3-8-19(20)30-21/h3-11,14,16,27,30-31H,12-13H2,1-2H3/t16-,27+/m0/s1. The molecular formula is C27H24Cl2N2O3. The minimum absolute atomic E-state index is 0.000647. The van der Waals surface area contributed by atoms with Crippen LogP contribution < -0.4 is 20.1 Å². The van der Waals surface area contributed by atoms with Crippen molar-refractivity contribution >= 4 is 40.4 Å². The van der Waals surface area contributed by atoms with Gasteiger partial charge in [0, 0.05) is 17.7 Å². The Morgan fingerprint density at radius 3 is 2.41 bits per heavy atom. The van der Waals surface area contributed by atoms with Gasteiger partial charge in [0.25, 0.3) is 0 Å². The van der Waals surface area contributed by atoms with Gasteiger partial charge >= 0.3 is 0 Å². The number of ketones is 1. The van der Waals surface area contributed by atoms with Gasteiger partial charge in [0.1, 0.15) is 0 Å². The minimum Gasteiger partial charge on any atom is -0.493 e. The maximum absolute atomic E-state index is 13.7. The molecule has 1 heterocycles. The third-order valence-electron chi connectivity index (χ3n) is 6.48. The second-order valence-electron chi connectivity index (χ2n) is 8.43. The molecule has 0 spiro atoms. The fourth-order valence-corrected chi connectivity index (χ4v) is 5.23. The van der Waals surface area contributed by atoms with Gasteiger partial charge in [-0.3, -0.25) is 4.79 Å². The molecule has 1 aliphatic carbocycles. The van der Waals surface area contributed by atoms with Crippen molar-refractivity contribution in [2.45, 2.75) is 24.8 Å². The first kappa shape index (κ1) is 22.6. The Hall–Kier alpha value is -3.15. The van der Waals surface area contributed by atoms with Crippen molar-refractivity contribution in [1.82, 2.24) is 0 Å². The normalized spacial score (nSPS) is 19.4. The number of methoxy groups -OCH3 is 2. The lowest BCUT2D eigenvalue weighted by atomic mass is 9.78. The van der Waals surface area contributed by atoms with Gasteiger partial charge in [-0.05, 0) is 53.8 Å². The molecule has 174 valence electrons. The zero-order chi connectivity index (χ0) is 23.8. The number of nitrogens with one attached hydrogen (secondary N) is 2. The van der Waals surface area contributed by atoms with Crippen molar-refractivity contribution in [3.63, 3.8) is 0 Å². The second-order valence-corrected chi connectivity index (χ2v) is 9.21. The highest BCUT2D eigenvalue weighted by Gasteiger charge is 2.37. The fraction of sp³-hybridized carbons (Fsp3) is 0.222. The molecule has 0 fully saturated rings. The maximum Gasteiger partial charge on any atom is 0.163 e. The van der Waals surface area contributed by atoms with E-state index in [0.717, 1.165) is 28.2 Å². The van der Waals surface area contributed by atoms with Crippen LogP contribution in [-0.4, -0.2) is 20.0 Å². The van der Waals surface area contributed by atoms with E-state index in [-0.39, 0.29) is 11.7 Å². The first-order chi connectivity index (χ1) is 16.5. The van der Waals surface area contributed by atoms with Crippen LogP contribution in [0.2, 0.25) is 10.0 Å². The van der Waals surface area contributed by atoms with Crippen molar-refractivity contribution in [2.75, 3.05) is 24.9 Å². The summed E-state index contributed by atoms with van der Waals surface area (Å²) in [6.45, 7) is 0. The number of carbonyl (C=O) groups excluding carboxylic acids is 1. The number of para-hydroxylation sites is 2. The zero-order valence-corrected chi connectivity index (χ0v) is 20.3. The lowest BCUT2D eigenvalue weighted by molar-refractivity contribution is -0.116. The van der Waals surface area contributed by atoms with Gasteiger partial charge < -0.3 is 20.1 Å². The number of hydrogen-bond donors (Lipinski definition) is 2. The van der Waals surface area contributed by atoms with Crippen molar-refractivity contribution in [3.8, 4) is 11.5 Å². The van der Waals surface area contributed by atoms with E-state index < -0.39 is 6.04 Å². The summed E-state index contributed by atoms with van der Waals surface area (Å²) in [5.41, 5.74) is 5.19. The molecule has 3 aromatic rings. The number of anilines is 2. The summed E-state index contributed by atoms with van der Waals surface area (Å²) in [5.74, 6) is 1.38. The number of halogens is 2. The molecule has 0 bridgehead atoms. The van der Waals surface area contributed by atoms with Crippen LogP contribution in [0, 0.1) is 0 Å². The Morgan fingerprint density at radius 2 is 1.65 bits per heavy atom. The molecule has 0 aromatic heterocycles. The Bertz CT molecular complexity index is 1300. The van der Waals surface area contributed by atoms with Gasteiger partial charge in [-0.25, -0.2) is 0 Å². The third kappa shape index (κ3) is 3.99. The number of Topliss-reactive ketones (excluding diaryl/α,β-unsaturated/α-hetero) is 1. The summed E-state index contributed by atoms with van der Waals surface area (Å²) >= 11 is 13.0. The van der Waals surface area contributed by atoms with E-state index in [1.165, 1.54) is 0 Å². The van der Waals surface area contributed by atoms with Gasteiger partial charge in [-0.1, -0.05) is 53.5 Å². The van der Waals surface area contributed by atoms with Crippen LogP contribution in [0.4, 0.5) is 11.4 Å². The summed E-state index contributed by atoms with van der Waals surface area (Å²) in [6.07, 6.45) is 1.05. The Labute approximate surface area is 208 Å². The number of rotatable bonds is 4.